The van der Waals surface area contributed by atoms with Gasteiger partial charge in [0.15, 0.2) is 0 Å². The Labute approximate surface area is 155 Å². The molecule has 140 valence electrons. The average Bonchev–Trinajstić information content (AvgIpc) is 2.64. The Morgan fingerprint density at radius 2 is 1.96 bits per heavy atom. The standard InChI is InChI=1S/C20H26N2O3S/c1-26(24,25)22-14-6-11-18(15-22)20(23)21-13-5-10-17-9-4-8-16-7-2-3-12-19(16)17/h2-4,7-9,12,18H,5-6,10-11,13-15H2,1H3,(H,21,23). The van der Waals surface area contributed by atoms with Crippen LogP contribution in [0.5, 0.6) is 0 Å². The molecule has 1 heterocycles. The van der Waals surface area contributed by atoms with Crippen molar-refractivity contribution in [3.05, 3.63) is 48.0 Å². The lowest BCUT2D eigenvalue weighted by molar-refractivity contribution is -0.126. The Morgan fingerprint density at radius 1 is 1.19 bits per heavy atom. The summed E-state index contributed by atoms with van der Waals surface area (Å²) in [5.41, 5.74) is 1.29. The maximum absolute atomic E-state index is 12.4. The third-order valence-corrected chi connectivity index (χ3v) is 6.30. The van der Waals surface area contributed by atoms with Crippen LogP contribution >= 0.6 is 0 Å². The molecule has 2 aromatic rings. The molecular formula is C20H26N2O3S. The third kappa shape index (κ3) is 4.62. The number of amides is 1. The molecule has 0 aromatic heterocycles. The van der Waals surface area contributed by atoms with Crippen molar-refractivity contribution in [3.63, 3.8) is 0 Å². The second-order valence-electron chi connectivity index (χ2n) is 6.99. The summed E-state index contributed by atoms with van der Waals surface area (Å²) < 4.78 is 24.8. The Balaban J connectivity index is 1.49. The molecular weight excluding hydrogens is 348 g/mol. The van der Waals surface area contributed by atoms with Gasteiger partial charge in [-0.3, -0.25) is 4.79 Å². The number of fused-ring (bicyclic) bond motifs is 1. The molecule has 0 radical (unpaired) electrons. The smallest absolute Gasteiger partial charge is 0.224 e. The highest BCUT2D eigenvalue weighted by Crippen LogP contribution is 2.20. The normalized spacial score (nSPS) is 18.7. The van der Waals surface area contributed by atoms with Gasteiger partial charge in [0.1, 0.15) is 0 Å². The van der Waals surface area contributed by atoms with Crippen molar-refractivity contribution in [3.8, 4) is 0 Å². The Morgan fingerprint density at radius 3 is 2.77 bits per heavy atom. The number of nitrogens with one attached hydrogen (secondary N) is 1. The van der Waals surface area contributed by atoms with E-state index in [0.717, 1.165) is 25.7 Å². The molecule has 1 atom stereocenters. The third-order valence-electron chi connectivity index (χ3n) is 5.03. The molecule has 3 rings (SSSR count). The number of carbonyl (C=O) groups is 1. The van der Waals surface area contributed by atoms with Crippen LogP contribution in [0.15, 0.2) is 42.5 Å². The molecule has 5 nitrogen and oxygen atoms in total. The van der Waals surface area contributed by atoms with Crippen LogP contribution in [-0.2, 0) is 21.2 Å². The maximum atomic E-state index is 12.4. The summed E-state index contributed by atoms with van der Waals surface area (Å²) in [6.45, 7) is 1.43. The fourth-order valence-electron chi connectivity index (χ4n) is 3.60. The summed E-state index contributed by atoms with van der Waals surface area (Å²) >= 11 is 0. The van der Waals surface area contributed by atoms with Crippen LogP contribution in [0.3, 0.4) is 0 Å². The minimum Gasteiger partial charge on any atom is -0.356 e. The minimum atomic E-state index is -3.22. The number of piperidine rings is 1. The number of rotatable bonds is 6. The van der Waals surface area contributed by atoms with Gasteiger partial charge in [-0.15, -0.1) is 0 Å². The summed E-state index contributed by atoms with van der Waals surface area (Å²) in [4.78, 5) is 12.4. The minimum absolute atomic E-state index is 0.0312. The van der Waals surface area contributed by atoms with Crippen LogP contribution in [0.1, 0.15) is 24.8 Å². The topological polar surface area (TPSA) is 66.5 Å². The molecule has 0 aliphatic carbocycles. The van der Waals surface area contributed by atoms with Gasteiger partial charge in [0, 0.05) is 19.6 Å². The molecule has 2 aromatic carbocycles. The van der Waals surface area contributed by atoms with Gasteiger partial charge < -0.3 is 5.32 Å². The van der Waals surface area contributed by atoms with Gasteiger partial charge in [0.25, 0.3) is 0 Å². The Kier molecular flexibility index (Phi) is 5.94. The fourth-order valence-corrected chi connectivity index (χ4v) is 4.51. The lowest BCUT2D eigenvalue weighted by Crippen LogP contribution is -2.45. The van der Waals surface area contributed by atoms with Crippen LogP contribution < -0.4 is 5.32 Å². The van der Waals surface area contributed by atoms with Crippen LogP contribution in [-0.4, -0.2) is 44.5 Å². The predicted molar refractivity (Wildman–Crippen MR) is 104 cm³/mol. The zero-order chi connectivity index (χ0) is 18.6. The van der Waals surface area contributed by atoms with Gasteiger partial charge in [0.2, 0.25) is 15.9 Å². The quantitative estimate of drug-likeness (QED) is 0.790. The molecule has 1 fully saturated rings. The van der Waals surface area contributed by atoms with Crippen LogP contribution in [0.25, 0.3) is 10.8 Å². The molecule has 0 bridgehead atoms. The van der Waals surface area contributed by atoms with Gasteiger partial charge in [-0.2, -0.15) is 0 Å². The van der Waals surface area contributed by atoms with Crippen molar-refractivity contribution in [2.75, 3.05) is 25.9 Å². The van der Waals surface area contributed by atoms with E-state index in [1.807, 2.05) is 12.1 Å². The Hall–Kier alpha value is -1.92. The van der Waals surface area contributed by atoms with E-state index in [1.165, 1.54) is 26.9 Å². The highest BCUT2D eigenvalue weighted by molar-refractivity contribution is 7.88. The highest BCUT2D eigenvalue weighted by Gasteiger charge is 2.29. The summed E-state index contributed by atoms with van der Waals surface area (Å²) in [6, 6.07) is 14.6. The van der Waals surface area contributed by atoms with E-state index in [0.29, 0.717) is 19.6 Å². The first-order valence-corrected chi connectivity index (χ1v) is 11.0. The summed E-state index contributed by atoms with van der Waals surface area (Å²) in [5.74, 6) is -0.271. The van der Waals surface area contributed by atoms with Crippen molar-refractivity contribution >= 4 is 26.7 Å². The van der Waals surface area contributed by atoms with Crippen molar-refractivity contribution in [2.45, 2.75) is 25.7 Å². The summed E-state index contributed by atoms with van der Waals surface area (Å²) in [6.07, 6.45) is 4.46. The first-order chi connectivity index (χ1) is 12.4. The first-order valence-electron chi connectivity index (χ1n) is 9.14. The summed E-state index contributed by atoms with van der Waals surface area (Å²) in [7, 11) is -3.22. The van der Waals surface area contributed by atoms with E-state index >= 15 is 0 Å². The largest absolute Gasteiger partial charge is 0.356 e. The monoisotopic (exact) mass is 374 g/mol. The van der Waals surface area contributed by atoms with Crippen LogP contribution in [0.4, 0.5) is 0 Å². The number of hydrogen-bond acceptors (Lipinski definition) is 3. The van der Waals surface area contributed by atoms with Gasteiger partial charge in [-0.25, -0.2) is 12.7 Å². The number of nitrogens with zero attached hydrogens (tertiary/aromatic N) is 1. The number of carbonyl (C=O) groups excluding carboxylic acids is 1. The highest BCUT2D eigenvalue weighted by atomic mass is 32.2. The second-order valence-corrected chi connectivity index (χ2v) is 8.98. The van der Waals surface area contributed by atoms with E-state index in [2.05, 4.69) is 35.6 Å². The second kappa shape index (κ2) is 8.18. The molecule has 1 saturated heterocycles. The maximum Gasteiger partial charge on any atom is 0.224 e. The van der Waals surface area contributed by atoms with Gasteiger partial charge in [-0.05, 0) is 42.0 Å². The summed E-state index contributed by atoms with van der Waals surface area (Å²) in [5, 5.41) is 5.48. The molecule has 1 N–H and O–H groups in total. The van der Waals surface area contributed by atoms with E-state index in [9.17, 15) is 13.2 Å². The average molecular weight is 375 g/mol. The number of benzene rings is 2. The van der Waals surface area contributed by atoms with E-state index in [-0.39, 0.29) is 11.8 Å². The molecule has 26 heavy (non-hydrogen) atoms. The van der Waals surface area contributed by atoms with E-state index in [4.69, 9.17) is 0 Å². The molecule has 0 spiro atoms. The zero-order valence-corrected chi connectivity index (χ0v) is 16.0. The van der Waals surface area contributed by atoms with E-state index in [1.54, 1.807) is 0 Å². The van der Waals surface area contributed by atoms with E-state index < -0.39 is 10.0 Å². The van der Waals surface area contributed by atoms with Gasteiger partial charge in [-0.1, -0.05) is 42.5 Å². The predicted octanol–water partition coefficient (Wildman–Crippen LogP) is 2.56. The SMILES string of the molecule is CS(=O)(=O)N1CCCC(C(=O)NCCCc2cccc3ccccc23)C1. The first kappa shape index (κ1) is 18.9. The van der Waals surface area contributed by atoms with Gasteiger partial charge in [0.05, 0.1) is 12.2 Å². The molecule has 6 heteroatoms. The van der Waals surface area contributed by atoms with Crippen molar-refractivity contribution in [1.29, 1.82) is 0 Å². The molecule has 1 aliphatic rings. The number of aryl methyl sites for hydroxylation is 1. The van der Waals surface area contributed by atoms with Crippen molar-refractivity contribution in [2.24, 2.45) is 5.92 Å². The molecule has 1 amide bonds. The molecule has 0 saturated carbocycles. The lowest BCUT2D eigenvalue weighted by Gasteiger charge is -2.30. The molecule has 1 aliphatic heterocycles. The molecule has 1 unspecified atom stereocenters. The van der Waals surface area contributed by atoms with Crippen LogP contribution in [0.2, 0.25) is 0 Å². The fraction of sp³-hybridized carbons (Fsp3) is 0.450. The van der Waals surface area contributed by atoms with Crippen LogP contribution in [0, 0.1) is 5.92 Å². The number of sulfonamides is 1. The Bertz CT molecular complexity index is 874. The van der Waals surface area contributed by atoms with Crippen molar-refractivity contribution < 1.29 is 13.2 Å². The lowest BCUT2D eigenvalue weighted by atomic mass is 9.98. The van der Waals surface area contributed by atoms with Crippen molar-refractivity contribution in [1.82, 2.24) is 9.62 Å². The van der Waals surface area contributed by atoms with Gasteiger partial charge >= 0.3 is 0 Å². The number of hydrogen-bond donors (Lipinski definition) is 1. The zero-order valence-electron chi connectivity index (χ0n) is 15.1.